The van der Waals surface area contributed by atoms with Gasteiger partial charge < -0.3 is 19.6 Å². The van der Waals surface area contributed by atoms with Gasteiger partial charge in [0.05, 0.1) is 29.4 Å². The fourth-order valence-electron chi connectivity index (χ4n) is 4.45. The summed E-state index contributed by atoms with van der Waals surface area (Å²) in [4.78, 5) is 17.3. The second kappa shape index (κ2) is 8.30. The number of hydrogen-bond acceptors (Lipinski definition) is 7. The molecule has 0 bridgehead atoms. The molecule has 0 spiro atoms. The quantitative estimate of drug-likeness (QED) is 0.327. The Kier molecular flexibility index (Phi) is 5.28. The van der Waals surface area contributed by atoms with Crippen LogP contribution in [-0.2, 0) is 0 Å². The van der Waals surface area contributed by atoms with Crippen LogP contribution >= 0.6 is 0 Å². The Morgan fingerprint density at radius 1 is 1.09 bits per heavy atom. The molecule has 1 aromatic carbocycles. The number of hydrogen-bond donors (Lipinski definition) is 2. The number of pyridine rings is 1. The van der Waals surface area contributed by atoms with E-state index in [1.54, 1.807) is 13.3 Å². The third kappa shape index (κ3) is 3.48. The van der Waals surface area contributed by atoms with Crippen LogP contribution in [0.3, 0.4) is 0 Å². The normalized spacial score (nSPS) is 11.7. The molecule has 0 saturated heterocycles. The van der Waals surface area contributed by atoms with Gasteiger partial charge in [0.1, 0.15) is 28.8 Å². The van der Waals surface area contributed by atoms with Gasteiger partial charge >= 0.3 is 0 Å². The number of aromatic amines is 1. The summed E-state index contributed by atoms with van der Waals surface area (Å²) in [6.07, 6.45) is 5.84. The molecular weight excluding hydrogens is 428 g/mol. The number of ether oxygens (including phenoxy) is 1. The van der Waals surface area contributed by atoms with Crippen molar-refractivity contribution in [1.29, 1.82) is 0 Å². The minimum absolute atomic E-state index is 0.665. The largest absolute Gasteiger partial charge is 0.496 e. The van der Waals surface area contributed by atoms with E-state index < -0.39 is 0 Å². The van der Waals surface area contributed by atoms with Gasteiger partial charge in [0, 0.05) is 33.9 Å². The molecule has 0 saturated carbocycles. The van der Waals surface area contributed by atoms with E-state index in [9.17, 15) is 0 Å². The second-order valence-corrected chi connectivity index (χ2v) is 8.25. The zero-order valence-corrected chi connectivity index (χ0v) is 20.1. The van der Waals surface area contributed by atoms with E-state index in [0.29, 0.717) is 5.82 Å². The van der Waals surface area contributed by atoms with Gasteiger partial charge in [0.25, 0.3) is 0 Å². The highest BCUT2D eigenvalue weighted by Gasteiger charge is 2.21. The van der Waals surface area contributed by atoms with Gasteiger partial charge in [-0.25, -0.2) is 9.97 Å². The van der Waals surface area contributed by atoms with Crippen LogP contribution in [0.2, 0.25) is 0 Å². The van der Waals surface area contributed by atoms with E-state index >= 15 is 0 Å². The summed E-state index contributed by atoms with van der Waals surface area (Å²) in [6.45, 7) is 9.70. The molecule has 5 aromatic rings. The summed E-state index contributed by atoms with van der Waals surface area (Å²) < 4.78 is 11.2. The number of H-pyrrole nitrogens is 1. The molecule has 8 nitrogen and oxygen atoms in total. The van der Waals surface area contributed by atoms with Gasteiger partial charge in [0.15, 0.2) is 0 Å². The molecule has 0 amide bonds. The molecule has 0 aliphatic carbocycles. The zero-order chi connectivity index (χ0) is 24.0. The molecule has 34 heavy (non-hydrogen) atoms. The van der Waals surface area contributed by atoms with Crippen LogP contribution in [0, 0.1) is 27.7 Å². The maximum Gasteiger partial charge on any atom is 0.144 e. The smallest absolute Gasteiger partial charge is 0.144 e. The van der Waals surface area contributed by atoms with Crippen LogP contribution in [0.25, 0.3) is 39.1 Å². The van der Waals surface area contributed by atoms with Gasteiger partial charge in [-0.05, 0) is 52.8 Å². The summed E-state index contributed by atoms with van der Waals surface area (Å²) in [6, 6.07) is 6.03. The van der Waals surface area contributed by atoms with E-state index in [4.69, 9.17) is 14.2 Å². The molecule has 4 heterocycles. The summed E-state index contributed by atoms with van der Waals surface area (Å²) in [5.41, 5.74) is 7.22. The molecule has 2 N–H and O–H groups in total. The Morgan fingerprint density at radius 2 is 1.91 bits per heavy atom. The zero-order valence-electron chi connectivity index (χ0n) is 20.1. The molecular formula is C26H26N6O2. The minimum Gasteiger partial charge on any atom is -0.496 e. The lowest BCUT2D eigenvalue weighted by Gasteiger charge is -2.13. The average molecular weight is 455 g/mol. The van der Waals surface area contributed by atoms with Crippen LogP contribution in [0.1, 0.15) is 35.5 Å². The maximum absolute atomic E-state index is 5.79. The Balaban J connectivity index is 1.75. The molecule has 5 rings (SSSR count). The molecule has 0 atom stereocenters. The standard InChI is InChI=1S/C26H26N6O2/c1-7-8-17-13(2)27-10-9-20(17)30-25-24-18-12-22(33-6)19(23-14(3)32-34-15(23)4)11-21(18)31-26(24)29-16(5)28-25/h7-12H,1-6H3,(H2,27,28,29,30,31)/b8-7-. The summed E-state index contributed by atoms with van der Waals surface area (Å²) >= 11 is 0. The van der Waals surface area contributed by atoms with Gasteiger partial charge in [-0.15, -0.1) is 0 Å². The first-order valence-corrected chi connectivity index (χ1v) is 11.1. The van der Waals surface area contributed by atoms with Gasteiger partial charge in [-0.2, -0.15) is 0 Å². The van der Waals surface area contributed by atoms with Crippen LogP contribution in [0.15, 0.2) is 35.0 Å². The predicted octanol–water partition coefficient (Wildman–Crippen LogP) is 6.18. The highest BCUT2D eigenvalue weighted by atomic mass is 16.5. The molecule has 172 valence electrons. The molecule has 8 heteroatoms. The first-order valence-electron chi connectivity index (χ1n) is 11.1. The minimum atomic E-state index is 0.665. The molecule has 0 fully saturated rings. The van der Waals surface area contributed by atoms with E-state index in [1.165, 1.54) is 0 Å². The van der Waals surface area contributed by atoms with Crippen LogP contribution in [0.5, 0.6) is 5.75 Å². The first-order chi connectivity index (χ1) is 16.4. The predicted molar refractivity (Wildman–Crippen MR) is 135 cm³/mol. The van der Waals surface area contributed by atoms with Gasteiger partial charge in [0.2, 0.25) is 0 Å². The summed E-state index contributed by atoms with van der Waals surface area (Å²) in [5, 5.41) is 9.49. The fourth-order valence-corrected chi connectivity index (χ4v) is 4.45. The Morgan fingerprint density at radius 3 is 2.62 bits per heavy atom. The third-order valence-electron chi connectivity index (χ3n) is 5.96. The second-order valence-electron chi connectivity index (χ2n) is 8.25. The highest BCUT2D eigenvalue weighted by Crippen LogP contribution is 2.41. The Hall–Kier alpha value is -4.20. The molecule has 0 unspecified atom stereocenters. The number of aromatic nitrogens is 5. The van der Waals surface area contributed by atoms with E-state index in [-0.39, 0.29) is 0 Å². The molecule has 4 aromatic heterocycles. The van der Waals surface area contributed by atoms with Crippen molar-refractivity contribution >= 4 is 39.5 Å². The number of allylic oxidation sites excluding steroid dienone is 1. The van der Waals surface area contributed by atoms with Crippen LogP contribution in [-0.4, -0.2) is 32.2 Å². The number of methoxy groups -OCH3 is 1. The van der Waals surface area contributed by atoms with Crippen molar-refractivity contribution in [2.24, 2.45) is 0 Å². The number of fused-ring (bicyclic) bond motifs is 3. The Bertz CT molecular complexity index is 1560. The fraction of sp³-hybridized carbons (Fsp3) is 0.231. The topological polar surface area (TPSA) is 102 Å². The van der Waals surface area contributed by atoms with Crippen molar-refractivity contribution in [2.75, 3.05) is 12.4 Å². The molecule has 0 aliphatic rings. The number of benzene rings is 1. The van der Waals surface area contributed by atoms with Crippen molar-refractivity contribution < 1.29 is 9.26 Å². The van der Waals surface area contributed by atoms with Gasteiger partial charge in [-0.1, -0.05) is 17.3 Å². The third-order valence-corrected chi connectivity index (χ3v) is 5.96. The van der Waals surface area contributed by atoms with Crippen LogP contribution < -0.4 is 10.1 Å². The van der Waals surface area contributed by atoms with Crippen molar-refractivity contribution in [2.45, 2.75) is 34.6 Å². The van der Waals surface area contributed by atoms with Crippen LogP contribution in [0.4, 0.5) is 11.5 Å². The van der Waals surface area contributed by atoms with Gasteiger partial charge in [-0.3, -0.25) is 4.98 Å². The average Bonchev–Trinajstić information content (AvgIpc) is 3.33. The highest BCUT2D eigenvalue weighted by molar-refractivity contribution is 6.13. The van der Waals surface area contributed by atoms with E-state index in [0.717, 1.165) is 73.0 Å². The number of aryl methyl sites for hydroxylation is 4. The van der Waals surface area contributed by atoms with Crippen molar-refractivity contribution in [3.63, 3.8) is 0 Å². The number of nitrogens with zero attached hydrogens (tertiary/aromatic N) is 4. The lowest BCUT2D eigenvalue weighted by molar-refractivity contribution is 0.393. The van der Waals surface area contributed by atoms with E-state index in [2.05, 4.69) is 31.5 Å². The first kappa shape index (κ1) is 21.6. The van der Waals surface area contributed by atoms with E-state index in [1.807, 2.05) is 58.9 Å². The summed E-state index contributed by atoms with van der Waals surface area (Å²) in [7, 11) is 1.67. The molecule has 0 aliphatic heterocycles. The molecule has 0 radical (unpaired) electrons. The van der Waals surface area contributed by atoms with Crippen molar-refractivity contribution in [1.82, 2.24) is 25.1 Å². The van der Waals surface area contributed by atoms with Crippen molar-refractivity contribution in [3.05, 3.63) is 59.0 Å². The SMILES string of the molecule is C/C=C\c1c(Nc2nc(C)nc3[nH]c4cc(-c5c(C)noc5C)c(OC)cc4c23)ccnc1C. The Labute approximate surface area is 197 Å². The lowest BCUT2D eigenvalue weighted by Crippen LogP contribution is -2.01. The monoisotopic (exact) mass is 454 g/mol. The number of rotatable bonds is 5. The number of nitrogens with one attached hydrogen (secondary N) is 2. The number of anilines is 2. The lowest BCUT2D eigenvalue weighted by atomic mass is 10.0. The van der Waals surface area contributed by atoms with Crippen molar-refractivity contribution in [3.8, 4) is 16.9 Å². The summed E-state index contributed by atoms with van der Waals surface area (Å²) in [5.74, 6) is 2.85. The maximum atomic E-state index is 5.79.